The quantitative estimate of drug-likeness (QED) is 0.497. The first-order valence-electron chi connectivity index (χ1n) is 9.78. The molecule has 0 saturated carbocycles. The van der Waals surface area contributed by atoms with E-state index in [1.54, 1.807) is 30.3 Å². The maximum absolute atomic E-state index is 12.9. The van der Waals surface area contributed by atoms with E-state index in [9.17, 15) is 19.2 Å². The number of ether oxygens (including phenoxy) is 2. The van der Waals surface area contributed by atoms with Gasteiger partial charge in [-0.2, -0.15) is 0 Å². The number of carbonyl (C=O) groups is 4. The van der Waals surface area contributed by atoms with Gasteiger partial charge in [0.25, 0.3) is 0 Å². The number of methoxy groups -OCH3 is 1. The fourth-order valence-corrected chi connectivity index (χ4v) is 2.54. The lowest BCUT2D eigenvalue weighted by atomic mass is 10.0. The number of aromatic nitrogens is 1. The number of hydrogen-bond acceptors (Lipinski definition) is 7. The zero-order valence-corrected chi connectivity index (χ0v) is 18.1. The third-order valence-electron chi connectivity index (χ3n) is 4.35. The van der Waals surface area contributed by atoms with Crippen LogP contribution in [0.4, 0.5) is 4.79 Å². The Balaban J connectivity index is 2.03. The van der Waals surface area contributed by atoms with Gasteiger partial charge < -0.3 is 25.4 Å². The van der Waals surface area contributed by atoms with Gasteiger partial charge in [-0.05, 0) is 31.5 Å². The van der Waals surface area contributed by atoms with Crippen LogP contribution < -0.4 is 16.0 Å². The molecule has 1 aromatic carbocycles. The maximum Gasteiger partial charge on any atom is 0.408 e. The van der Waals surface area contributed by atoms with Crippen molar-refractivity contribution in [2.24, 2.45) is 0 Å². The Hall–Kier alpha value is -3.95. The van der Waals surface area contributed by atoms with E-state index >= 15 is 0 Å². The average Bonchev–Trinajstić information content (AvgIpc) is 2.80. The third kappa shape index (κ3) is 7.38. The highest BCUT2D eigenvalue weighted by Gasteiger charge is 2.34. The monoisotopic (exact) mass is 442 g/mol. The van der Waals surface area contributed by atoms with Crippen molar-refractivity contribution in [3.05, 3.63) is 66.0 Å². The zero-order chi connectivity index (χ0) is 23.6. The van der Waals surface area contributed by atoms with Crippen LogP contribution >= 0.6 is 0 Å². The standard InChI is InChI=1S/C22H26N4O6/c1-22(2,26-21(30)32-14-15-9-5-4-6-10-15)20(29)25-18(16-11-7-8-12-23-16)19(28)24-13-17(27)31-3/h4-12,18H,13-14H2,1-3H3,(H,24,28)(H,25,29)(H,26,30)/t18-/m0/s1. The highest BCUT2D eigenvalue weighted by Crippen LogP contribution is 2.13. The molecule has 0 saturated heterocycles. The topological polar surface area (TPSA) is 136 Å². The van der Waals surface area contributed by atoms with E-state index in [1.165, 1.54) is 27.2 Å². The van der Waals surface area contributed by atoms with Crippen LogP contribution in [0.2, 0.25) is 0 Å². The van der Waals surface area contributed by atoms with Crippen LogP contribution in [0.1, 0.15) is 31.1 Å². The first kappa shape index (κ1) is 24.3. The first-order valence-corrected chi connectivity index (χ1v) is 9.78. The largest absolute Gasteiger partial charge is 0.468 e. The molecule has 3 amide bonds. The number of benzene rings is 1. The van der Waals surface area contributed by atoms with Crippen molar-refractivity contribution < 1.29 is 28.7 Å². The number of carbonyl (C=O) groups excluding carboxylic acids is 4. The van der Waals surface area contributed by atoms with Crippen LogP contribution in [0.3, 0.4) is 0 Å². The molecule has 2 aromatic rings. The predicted molar refractivity (Wildman–Crippen MR) is 114 cm³/mol. The van der Waals surface area contributed by atoms with Crippen molar-refractivity contribution >= 4 is 23.9 Å². The van der Waals surface area contributed by atoms with E-state index < -0.39 is 35.5 Å². The molecule has 0 aliphatic carbocycles. The second-order valence-corrected chi connectivity index (χ2v) is 7.27. The van der Waals surface area contributed by atoms with Crippen LogP contribution in [0, 0.1) is 0 Å². The van der Waals surface area contributed by atoms with E-state index in [2.05, 4.69) is 25.7 Å². The Labute approximate surface area is 185 Å². The van der Waals surface area contributed by atoms with Gasteiger partial charge in [-0.25, -0.2) is 4.79 Å². The molecule has 0 radical (unpaired) electrons. The summed E-state index contributed by atoms with van der Waals surface area (Å²) in [6.45, 7) is 2.60. The van der Waals surface area contributed by atoms with Crippen molar-refractivity contribution in [1.29, 1.82) is 0 Å². The normalized spacial score (nSPS) is 11.6. The Morgan fingerprint density at radius 2 is 1.72 bits per heavy atom. The summed E-state index contributed by atoms with van der Waals surface area (Å²) in [6, 6.07) is 12.7. The van der Waals surface area contributed by atoms with Gasteiger partial charge in [0, 0.05) is 6.20 Å². The minimum Gasteiger partial charge on any atom is -0.468 e. The van der Waals surface area contributed by atoms with Crippen LogP contribution in [0.25, 0.3) is 0 Å². The molecule has 1 atom stereocenters. The van der Waals surface area contributed by atoms with Crippen molar-refractivity contribution in [3.63, 3.8) is 0 Å². The van der Waals surface area contributed by atoms with Gasteiger partial charge >= 0.3 is 12.1 Å². The molecule has 1 heterocycles. The number of nitrogens with one attached hydrogen (secondary N) is 3. The van der Waals surface area contributed by atoms with Gasteiger partial charge in [-0.1, -0.05) is 36.4 Å². The molecule has 0 aliphatic rings. The van der Waals surface area contributed by atoms with Gasteiger partial charge in [-0.15, -0.1) is 0 Å². The maximum atomic E-state index is 12.9. The summed E-state index contributed by atoms with van der Waals surface area (Å²) in [6.07, 6.45) is 0.672. The minimum absolute atomic E-state index is 0.0386. The van der Waals surface area contributed by atoms with Crippen LogP contribution in [-0.2, 0) is 30.5 Å². The molecule has 0 bridgehead atoms. The molecule has 10 heteroatoms. The summed E-state index contributed by atoms with van der Waals surface area (Å²) in [5, 5.41) is 7.43. The summed E-state index contributed by atoms with van der Waals surface area (Å²) >= 11 is 0. The average molecular weight is 442 g/mol. The summed E-state index contributed by atoms with van der Waals surface area (Å²) < 4.78 is 9.66. The molecule has 0 aliphatic heterocycles. The molecule has 0 fully saturated rings. The molecule has 3 N–H and O–H groups in total. The predicted octanol–water partition coefficient (Wildman–Crippen LogP) is 1.23. The molecule has 2 rings (SSSR count). The lowest BCUT2D eigenvalue weighted by molar-refractivity contribution is -0.141. The number of rotatable bonds is 9. The molecule has 32 heavy (non-hydrogen) atoms. The first-order chi connectivity index (χ1) is 15.2. The highest BCUT2D eigenvalue weighted by molar-refractivity contribution is 5.94. The van der Waals surface area contributed by atoms with Crippen LogP contribution in [0.15, 0.2) is 54.7 Å². The van der Waals surface area contributed by atoms with E-state index in [0.29, 0.717) is 0 Å². The molecule has 0 unspecified atom stereocenters. The molecule has 170 valence electrons. The lowest BCUT2D eigenvalue weighted by Gasteiger charge is -2.27. The second-order valence-electron chi connectivity index (χ2n) is 7.27. The van der Waals surface area contributed by atoms with E-state index in [1.807, 2.05) is 18.2 Å². The van der Waals surface area contributed by atoms with Gasteiger partial charge in [0.2, 0.25) is 11.8 Å². The number of amides is 3. The Morgan fingerprint density at radius 3 is 2.34 bits per heavy atom. The summed E-state index contributed by atoms with van der Waals surface area (Å²) in [7, 11) is 1.19. The van der Waals surface area contributed by atoms with E-state index in [4.69, 9.17) is 4.74 Å². The molecule has 0 spiro atoms. The number of alkyl carbamates (subject to hydrolysis) is 1. The number of nitrogens with zero attached hydrogens (tertiary/aromatic N) is 1. The fraction of sp³-hybridized carbons (Fsp3) is 0.318. The van der Waals surface area contributed by atoms with Crippen molar-refractivity contribution in [3.8, 4) is 0 Å². The van der Waals surface area contributed by atoms with Crippen LogP contribution in [-0.4, -0.2) is 48.1 Å². The van der Waals surface area contributed by atoms with E-state index in [-0.39, 0.29) is 18.8 Å². The number of pyridine rings is 1. The lowest BCUT2D eigenvalue weighted by Crippen LogP contribution is -2.57. The molecule has 1 aromatic heterocycles. The van der Waals surface area contributed by atoms with Crippen molar-refractivity contribution in [2.45, 2.75) is 32.0 Å². The number of hydrogen-bond donors (Lipinski definition) is 3. The van der Waals surface area contributed by atoms with Crippen molar-refractivity contribution in [2.75, 3.05) is 13.7 Å². The van der Waals surface area contributed by atoms with Gasteiger partial charge in [0.1, 0.15) is 18.7 Å². The smallest absolute Gasteiger partial charge is 0.408 e. The summed E-state index contributed by atoms with van der Waals surface area (Å²) in [5.74, 6) is -1.96. The highest BCUT2D eigenvalue weighted by atomic mass is 16.5. The van der Waals surface area contributed by atoms with Crippen molar-refractivity contribution in [1.82, 2.24) is 20.9 Å². The summed E-state index contributed by atoms with van der Waals surface area (Å²) in [4.78, 5) is 53.1. The third-order valence-corrected chi connectivity index (χ3v) is 4.35. The van der Waals surface area contributed by atoms with Gasteiger partial charge in [0.15, 0.2) is 6.04 Å². The molecular weight excluding hydrogens is 416 g/mol. The van der Waals surface area contributed by atoms with Gasteiger partial charge in [-0.3, -0.25) is 19.4 Å². The Kier molecular flexibility index (Phi) is 8.70. The number of esters is 1. The minimum atomic E-state index is -1.41. The zero-order valence-electron chi connectivity index (χ0n) is 18.1. The Morgan fingerprint density at radius 1 is 1.03 bits per heavy atom. The van der Waals surface area contributed by atoms with E-state index in [0.717, 1.165) is 5.56 Å². The molecular formula is C22H26N4O6. The fourth-order valence-electron chi connectivity index (χ4n) is 2.54. The molecule has 10 nitrogen and oxygen atoms in total. The Bertz CT molecular complexity index is 934. The SMILES string of the molecule is COC(=O)CNC(=O)[C@@H](NC(=O)C(C)(C)NC(=O)OCc1ccccc1)c1ccccn1. The second kappa shape index (κ2) is 11.4. The van der Waals surface area contributed by atoms with Gasteiger partial charge in [0.05, 0.1) is 12.8 Å². The van der Waals surface area contributed by atoms with Crippen LogP contribution in [0.5, 0.6) is 0 Å². The summed E-state index contributed by atoms with van der Waals surface area (Å²) in [5.41, 5.74) is -0.364.